The van der Waals surface area contributed by atoms with Crippen molar-refractivity contribution < 1.29 is 0 Å². The number of benzene rings is 2. The summed E-state index contributed by atoms with van der Waals surface area (Å²) in [6.45, 7) is 15.5. The smallest absolute Gasteiger partial charge is 0.00997 e. The van der Waals surface area contributed by atoms with Crippen molar-refractivity contribution in [1.82, 2.24) is 0 Å². The standard InChI is InChI=1S/C17H16.C7H12.CH4/c1-3-8-15-11-14(4-2)12-17(13-15)16-9-6-5-7-10-16;1-4-6-7(3)5-2;/h3-7,9-13H,1-2,8H2;4,6H,3,5H2,1-2H3;1H4/b;6-4-;. The minimum Gasteiger partial charge on any atom is -0.103 e. The molecule has 0 fully saturated rings. The molecule has 0 bridgehead atoms. The lowest BCUT2D eigenvalue weighted by atomic mass is 9.98. The van der Waals surface area contributed by atoms with Gasteiger partial charge in [0.2, 0.25) is 0 Å². The second kappa shape index (κ2) is 12.8. The van der Waals surface area contributed by atoms with Crippen LogP contribution >= 0.6 is 0 Å². The van der Waals surface area contributed by atoms with E-state index in [0.29, 0.717) is 0 Å². The number of hydrogen-bond acceptors (Lipinski definition) is 0. The Bertz CT molecular complexity index is 687. The molecule has 0 aliphatic carbocycles. The molecule has 0 aliphatic heterocycles. The van der Waals surface area contributed by atoms with Gasteiger partial charge in [-0.3, -0.25) is 0 Å². The summed E-state index contributed by atoms with van der Waals surface area (Å²) in [5.41, 5.74) is 6.10. The van der Waals surface area contributed by atoms with Gasteiger partial charge in [-0.25, -0.2) is 0 Å². The lowest BCUT2D eigenvalue weighted by Gasteiger charge is -2.06. The van der Waals surface area contributed by atoms with Crippen LogP contribution in [0.4, 0.5) is 0 Å². The molecule has 0 nitrogen and oxygen atoms in total. The van der Waals surface area contributed by atoms with Crippen molar-refractivity contribution in [3.8, 4) is 11.1 Å². The fraction of sp³-hybridized carbons (Fsp3) is 0.200. The van der Waals surface area contributed by atoms with E-state index in [4.69, 9.17) is 0 Å². The van der Waals surface area contributed by atoms with Crippen LogP contribution in [-0.4, -0.2) is 0 Å². The van der Waals surface area contributed by atoms with Gasteiger partial charge in [0.15, 0.2) is 0 Å². The first-order valence-electron chi connectivity index (χ1n) is 8.37. The summed E-state index contributed by atoms with van der Waals surface area (Å²) < 4.78 is 0. The first-order chi connectivity index (χ1) is 11.6. The van der Waals surface area contributed by atoms with Crippen LogP contribution in [0.1, 0.15) is 38.8 Å². The highest BCUT2D eigenvalue weighted by molar-refractivity contribution is 5.68. The third kappa shape index (κ3) is 8.17. The highest BCUT2D eigenvalue weighted by Gasteiger charge is 2.00. The fourth-order valence-electron chi connectivity index (χ4n) is 2.27. The molecular weight excluding hydrogens is 300 g/mol. The van der Waals surface area contributed by atoms with Gasteiger partial charge < -0.3 is 0 Å². The lowest BCUT2D eigenvalue weighted by Crippen LogP contribution is -1.86. The maximum Gasteiger partial charge on any atom is -0.00997 e. The van der Waals surface area contributed by atoms with Crippen LogP contribution in [-0.2, 0) is 6.42 Å². The van der Waals surface area contributed by atoms with E-state index < -0.39 is 0 Å². The highest BCUT2D eigenvalue weighted by atomic mass is 14.1. The molecule has 0 amide bonds. The molecule has 0 unspecified atom stereocenters. The van der Waals surface area contributed by atoms with Gasteiger partial charge >= 0.3 is 0 Å². The zero-order valence-electron chi connectivity index (χ0n) is 15.0. The van der Waals surface area contributed by atoms with Crippen LogP contribution in [0.2, 0.25) is 0 Å². The zero-order valence-corrected chi connectivity index (χ0v) is 15.0. The van der Waals surface area contributed by atoms with Crippen molar-refractivity contribution in [1.29, 1.82) is 0 Å². The van der Waals surface area contributed by atoms with E-state index in [2.05, 4.69) is 69.1 Å². The maximum absolute atomic E-state index is 3.84. The molecule has 0 aromatic heterocycles. The third-order valence-electron chi connectivity index (χ3n) is 3.59. The van der Waals surface area contributed by atoms with Gasteiger partial charge in [-0.15, -0.1) is 6.58 Å². The molecule has 0 radical (unpaired) electrons. The van der Waals surface area contributed by atoms with Crippen LogP contribution in [0.15, 0.2) is 92.1 Å². The van der Waals surface area contributed by atoms with Crippen molar-refractivity contribution in [3.05, 3.63) is 103 Å². The van der Waals surface area contributed by atoms with Crippen molar-refractivity contribution in [3.63, 3.8) is 0 Å². The summed E-state index contributed by atoms with van der Waals surface area (Å²) in [5, 5.41) is 0. The Labute approximate surface area is 154 Å². The van der Waals surface area contributed by atoms with Crippen LogP contribution in [0.25, 0.3) is 17.2 Å². The molecular formula is C25H32. The van der Waals surface area contributed by atoms with Gasteiger partial charge in [-0.05, 0) is 48.1 Å². The first kappa shape index (κ1) is 22.4. The molecule has 2 aromatic rings. The molecule has 0 aliphatic rings. The van der Waals surface area contributed by atoms with Crippen LogP contribution in [0.3, 0.4) is 0 Å². The third-order valence-corrected chi connectivity index (χ3v) is 3.59. The topological polar surface area (TPSA) is 0 Å². The second-order valence-electron chi connectivity index (χ2n) is 5.54. The zero-order chi connectivity index (χ0) is 17.8. The number of hydrogen-bond donors (Lipinski definition) is 0. The van der Waals surface area contributed by atoms with E-state index in [1.165, 1.54) is 22.3 Å². The minimum atomic E-state index is 0. The lowest BCUT2D eigenvalue weighted by molar-refractivity contribution is 1.16. The molecule has 0 saturated heterocycles. The van der Waals surface area contributed by atoms with Crippen LogP contribution in [0.5, 0.6) is 0 Å². The summed E-state index contributed by atoms with van der Waals surface area (Å²) in [7, 11) is 0. The predicted molar refractivity (Wildman–Crippen MR) is 117 cm³/mol. The van der Waals surface area contributed by atoms with E-state index in [0.717, 1.165) is 18.4 Å². The Morgan fingerprint density at radius 1 is 1.00 bits per heavy atom. The van der Waals surface area contributed by atoms with Gasteiger partial charge in [0.25, 0.3) is 0 Å². The number of rotatable bonds is 6. The maximum atomic E-state index is 3.84. The average Bonchev–Trinajstić information content (AvgIpc) is 2.63. The van der Waals surface area contributed by atoms with Gasteiger partial charge in [0.05, 0.1) is 0 Å². The van der Waals surface area contributed by atoms with E-state index >= 15 is 0 Å². The van der Waals surface area contributed by atoms with Crippen LogP contribution < -0.4 is 0 Å². The Balaban J connectivity index is 0.000000620. The summed E-state index contributed by atoms with van der Waals surface area (Å²) in [5.74, 6) is 0. The van der Waals surface area contributed by atoms with Crippen LogP contribution in [0, 0.1) is 0 Å². The summed E-state index contributed by atoms with van der Waals surface area (Å²) in [6, 6.07) is 16.9. The monoisotopic (exact) mass is 332 g/mol. The van der Waals surface area contributed by atoms with E-state index in [1.807, 2.05) is 37.3 Å². The average molecular weight is 333 g/mol. The van der Waals surface area contributed by atoms with Gasteiger partial charge in [0, 0.05) is 0 Å². The summed E-state index contributed by atoms with van der Waals surface area (Å²) in [6.07, 6.45) is 9.80. The molecule has 0 heteroatoms. The first-order valence-corrected chi connectivity index (χ1v) is 8.37. The van der Waals surface area contributed by atoms with Crippen molar-refractivity contribution in [2.45, 2.75) is 34.1 Å². The SMILES string of the molecule is C.C=C(/C=C\C)CC.C=CCc1cc(C=C)cc(-c2ccccc2)c1. The molecule has 25 heavy (non-hydrogen) atoms. The molecule has 0 saturated carbocycles. The Kier molecular flexibility index (Phi) is 11.4. The van der Waals surface area contributed by atoms with E-state index in [9.17, 15) is 0 Å². The molecule has 2 aromatic carbocycles. The predicted octanol–water partition coefficient (Wildman–Crippen LogP) is 7.89. The second-order valence-corrected chi connectivity index (χ2v) is 5.54. The van der Waals surface area contributed by atoms with Crippen molar-refractivity contribution >= 4 is 6.08 Å². The Morgan fingerprint density at radius 3 is 2.16 bits per heavy atom. The quantitative estimate of drug-likeness (QED) is 0.372. The summed E-state index contributed by atoms with van der Waals surface area (Å²) in [4.78, 5) is 0. The molecule has 0 heterocycles. The van der Waals surface area contributed by atoms with E-state index in [1.54, 1.807) is 0 Å². The van der Waals surface area contributed by atoms with Gasteiger partial charge in [-0.1, -0.05) is 99.9 Å². The van der Waals surface area contributed by atoms with Crippen molar-refractivity contribution in [2.75, 3.05) is 0 Å². The Hall–Kier alpha value is -2.60. The highest BCUT2D eigenvalue weighted by Crippen LogP contribution is 2.23. The minimum absolute atomic E-state index is 0. The number of allylic oxidation sites excluding steroid dienone is 4. The van der Waals surface area contributed by atoms with Gasteiger partial charge in [0.1, 0.15) is 0 Å². The normalized spacial score (nSPS) is 9.52. The molecule has 0 atom stereocenters. The van der Waals surface area contributed by atoms with E-state index in [-0.39, 0.29) is 7.43 Å². The fourth-order valence-corrected chi connectivity index (χ4v) is 2.27. The van der Waals surface area contributed by atoms with Crippen molar-refractivity contribution in [2.24, 2.45) is 0 Å². The largest absolute Gasteiger partial charge is 0.103 e. The van der Waals surface area contributed by atoms with Gasteiger partial charge in [-0.2, -0.15) is 0 Å². The molecule has 0 N–H and O–H groups in total. The summed E-state index contributed by atoms with van der Waals surface area (Å²) >= 11 is 0. The molecule has 0 spiro atoms. The molecule has 2 rings (SSSR count). The molecule has 132 valence electrons. The Morgan fingerprint density at radius 2 is 1.68 bits per heavy atom.